The molecular weight excluding hydrogens is 188 g/mol. The lowest BCUT2D eigenvalue weighted by atomic mass is 10.2. The van der Waals surface area contributed by atoms with Crippen molar-refractivity contribution in [3.05, 3.63) is 30.1 Å². The monoisotopic (exact) mass is 208 g/mol. The minimum absolute atomic E-state index is 0.251. The molecule has 0 amide bonds. The zero-order valence-electron chi connectivity index (χ0n) is 9.73. The van der Waals surface area contributed by atoms with Crippen LogP contribution in [-0.2, 0) is 4.74 Å². The van der Waals surface area contributed by atoms with E-state index in [-0.39, 0.29) is 12.1 Å². The average molecular weight is 208 g/mol. The Morgan fingerprint density at radius 1 is 1.40 bits per heavy atom. The molecule has 15 heavy (non-hydrogen) atoms. The summed E-state index contributed by atoms with van der Waals surface area (Å²) in [7, 11) is 0. The first kappa shape index (κ1) is 12.1. The first-order chi connectivity index (χ1) is 7.24. The van der Waals surface area contributed by atoms with Crippen molar-refractivity contribution >= 4 is 0 Å². The molecule has 3 nitrogen and oxygen atoms in total. The maximum atomic E-state index is 5.45. The summed E-state index contributed by atoms with van der Waals surface area (Å²) in [6, 6.07) is 6.24. The van der Waals surface area contributed by atoms with Gasteiger partial charge in [-0.25, -0.2) is 0 Å². The van der Waals surface area contributed by atoms with E-state index in [1.807, 2.05) is 31.3 Å². The van der Waals surface area contributed by atoms with E-state index in [9.17, 15) is 0 Å². The van der Waals surface area contributed by atoms with E-state index < -0.39 is 0 Å². The highest BCUT2D eigenvalue weighted by molar-refractivity contribution is 5.07. The summed E-state index contributed by atoms with van der Waals surface area (Å²) in [4.78, 5) is 4.30. The molecule has 0 aliphatic rings. The molecule has 0 radical (unpaired) electrons. The number of pyridine rings is 1. The predicted octanol–water partition coefficient (Wildman–Crippen LogP) is 2.16. The summed E-state index contributed by atoms with van der Waals surface area (Å²) in [5.74, 6) is 0. The van der Waals surface area contributed by atoms with Gasteiger partial charge in [-0.3, -0.25) is 4.98 Å². The van der Waals surface area contributed by atoms with Crippen molar-refractivity contribution in [3.8, 4) is 0 Å². The summed E-state index contributed by atoms with van der Waals surface area (Å²) < 4.78 is 5.45. The molecule has 0 saturated carbocycles. The molecule has 2 unspecified atom stereocenters. The Bertz CT molecular complexity index is 264. The van der Waals surface area contributed by atoms with Crippen LogP contribution in [0.4, 0.5) is 0 Å². The van der Waals surface area contributed by atoms with Gasteiger partial charge in [0.1, 0.15) is 0 Å². The first-order valence-electron chi connectivity index (χ1n) is 5.50. The minimum Gasteiger partial charge on any atom is -0.377 e. The molecule has 2 atom stereocenters. The number of ether oxygens (including phenoxy) is 1. The maximum Gasteiger partial charge on any atom is 0.0671 e. The standard InChI is InChI=1S/C12H20N2O/c1-4-15-10(2)9-14-11(3)12-7-5-6-8-13-12/h5-8,10-11,14H,4,9H2,1-3H3. The van der Waals surface area contributed by atoms with Gasteiger partial charge >= 0.3 is 0 Å². The van der Waals surface area contributed by atoms with Gasteiger partial charge in [-0.05, 0) is 32.9 Å². The van der Waals surface area contributed by atoms with Crippen LogP contribution in [0.15, 0.2) is 24.4 Å². The second kappa shape index (κ2) is 6.53. The molecule has 1 aromatic heterocycles. The van der Waals surface area contributed by atoms with Crippen LogP contribution in [0.1, 0.15) is 32.5 Å². The van der Waals surface area contributed by atoms with Crippen LogP contribution in [0, 0.1) is 0 Å². The minimum atomic E-state index is 0.251. The van der Waals surface area contributed by atoms with Crippen LogP contribution in [0.25, 0.3) is 0 Å². The first-order valence-corrected chi connectivity index (χ1v) is 5.50. The summed E-state index contributed by atoms with van der Waals surface area (Å²) in [6.07, 6.45) is 2.07. The van der Waals surface area contributed by atoms with Crippen LogP contribution in [0.3, 0.4) is 0 Å². The van der Waals surface area contributed by atoms with E-state index in [0.717, 1.165) is 18.8 Å². The van der Waals surface area contributed by atoms with Gasteiger partial charge in [-0.2, -0.15) is 0 Å². The van der Waals surface area contributed by atoms with Crippen LogP contribution in [0.2, 0.25) is 0 Å². The molecule has 0 aliphatic heterocycles. The van der Waals surface area contributed by atoms with E-state index in [4.69, 9.17) is 4.74 Å². The fourth-order valence-electron chi connectivity index (χ4n) is 1.42. The molecule has 0 aliphatic carbocycles. The van der Waals surface area contributed by atoms with Gasteiger partial charge in [-0.15, -0.1) is 0 Å². The van der Waals surface area contributed by atoms with Crippen molar-refractivity contribution in [2.75, 3.05) is 13.2 Å². The van der Waals surface area contributed by atoms with Gasteiger partial charge in [0.15, 0.2) is 0 Å². The lowest BCUT2D eigenvalue weighted by Gasteiger charge is -2.17. The number of hydrogen-bond donors (Lipinski definition) is 1. The van der Waals surface area contributed by atoms with Crippen molar-refractivity contribution in [1.82, 2.24) is 10.3 Å². The molecule has 1 heterocycles. The van der Waals surface area contributed by atoms with Gasteiger partial charge in [0.2, 0.25) is 0 Å². The summed E-state index contributed by atoms with van der Waals surface area (Å²) >= 11 is 0. The highest BCUT2D eigenvalue weighted by Gasteiger charge is 2.07. The molecule has 1 N–H and O–H groups in total. The van der Waals surface area contributed by atoms with E-state index in [2.05, 4.69) is 24.1 Å². The molecular formula is C12H20N2O. The van der Waals surface area contributed by atoms with Crippen molar-refractivity contribution < 1.29 is 4.74 Å². The molecule has 3 heteroatoms. The zero-order chi connectivity index (χ0) is 11.1. The average Bonchev–Trinajstić information content (AvgIpc) is 2.27. The lowest BCUT2D eigenvalue weighted by molar-refractivity contribution is 0.0742. The Labute approximate surface area is 91.9 Å². The van der Waals surface area contributed by atoms with Gasteiger partial charge in [0, 0.05) is 25.4 Å². The Morgan fingerprint density at radius 3 is 2.80 bits per heavy atom. The number of nitrogens with one attached hydrogen (secondary N) is 1. The van der Waals surface area contributed by atoms with Crippen LogP contribution in [0.5, 0.6) is 0 Å². The Balaban J connectivity index is 2.33. The third-order valence-electron chi connectivity index (χ3n) is 2.29. The van der Waals surface area contributed by atoms with Crippen LogP contribution >= 0.6 is 0 Å². The molecule has 0 spiro atoms. The molecule has 0 fully saturated rings. The molecule has 0 bridgehead atoms. The molecule has 1 rings (SSSR count). The summed E-state index contributed by atoms with van der Waals surface area (Å²) in [5.41, 5.74) is 1.07. The van der Waals surface area contributed by atoms with E-state index in [0.29, 0.717) is 0 Å². The van der Waals surface area contributed by atoms with Crippen LogP contribution in [-0.4, -0.2) is 24.2 Å². The number of aromatic nitrogens is 1. The van der Waals surface area contributed by atoms with Crippen molar-refractivity contribution in [1.29, 1.82) is 0 Å². The Hall–Kier alpha value is -0.930. The molecule has 0 saturated heterocycles. The third-order valence-corrected chi connectivity index (χ3v) is 2.29. The Kier molecular flexibility index (Phi) is 5.29. The molecule has 1 aromatic rings. The van der Waals surface area contributed by atoms with E-state index >= 15 is 0 Å². The van der Waals surface area contributed by atoms with Gasteiger partial charge in [0.25, 0.3) is 0 Å². The highest BCUT2D eigenvalue weighted by Crippen LogP contribution is 2.07. The van der Waals surface area contributed by atoms with Crippen molar-refractivity contribution in [3.63, 3.8) is 0 Å². The van der Waals surface area contributed by atoms with Crippen molar-refractivity contribution in [2.45, 2.75) is 32.9 Å². The summed E-state index contributed by atoms with van der Waals surface area (Å²) in [5, 5.41) is 3.40. The lowest BCUT2D eigenvalue weighted by Crippen LogP contribution is -2.29. The fourth-order valence-corrected chi connectivity index (χ4v) is 1.42. The van der Waals surface area contributed by atoms with E-state index in [1.54, 1.807) is 0 Å². The quantitative estimate of drug-likeness (QED) is 0.778. The smallest absolute Gasteiger partial charge is 0.0671 e. The van der Waals surface area contributed by atoms with Crippen molar-refractivity contribution in [2.24, 2.45) is 0 Å². The third kappa shape index (κ3) is 4.40. The predicted molar refractivity (Wildman–Crippen MR) is 61.7 cm³/mol. The number of hydrogen-bond acceptors (Lipinski definition) is 3. The normalized spacial score (nSPS) is 14.9. The fraction of sp³-hybridized carbons (Fsp3) is 0.583. The summed E-state index contributed by atoms with van der Waals surface area (Å²) in [6.45, 7) is 7.81. The van der Waals surface area contributed by atoms with E-state index in [1.165, 1.54) is 0 Å². The van der Waals surface area contributed by atoms with Gasteiger partial charge < -0.3 is 10.1 Å². The molecule has 0 aromatic carbocycles. The van der Waals surface area contributed by atoms with Gasteiger partial charge in [0.05, 0.1) is 11.8 Å². The van der Waals surface area contributed by atoms with Crippen LogP contribution < -0.4 is 5.32 Å². The second-order valence-corrected chi connectivity index (χ2v) is 3.65. The topological polar surface area (TPSA) is 34.1 Å². The second-order valence-electron chi connectivity index (χ2n) is 3.65. The van der Waals surface area contributed by atoms with Gasteiger partial charge in [-0.1, -0.05) is 6.07 Å². The SMILES string of the molecule is CCOC(C)CNC(C)c1ccccn1. The number of nitrogens with zero attached hydrogens (tertiary/aromatic N) is 1. The highest BCUT2D eigenvalue weighted by atomic mass is 16.5. The molecule has 84 valence electrons. The number of rotatable bonds is 6. The zero-order valence-corrected chi connectivity index (χ0v) is 9.73. The largest absolute Gasteiger partial charge is 0.377 e. The maximum absolute atomic E-state index is 5.45. The Morgan fingerprint density at radius 2 is 2.20 bits per heavy atom.